The van der Waals surface area contributed by atoms with Gasteiger partial charge in [0.15, 0.2) is 0 Å². The molecule has 0 saturated heterocycles. The van der Waals surface area contributed by atoms with Gasteiger partial charge in [0.05, 0.1) is 31.3 Å². The molecule has 0 heterocycles. The van der Waals surface area contributed by atoms with Crippen molar-refractivity contribution in [1.29, 1.82) is 0 Å². The summed E-state index contributed by atoms with van der Waals surface area (Å²) in [5.74, 6) is -0.571. The van der Waals surface area contributed by atoms with E-state index in [1.54, 1.807) is 0 Å². The Morgan fingerprint density at radius 2 is 1.02 bits per heavy atom. The predicted octanol–water partition coefficient (Wildman–Crippen LogP) is 6.25. The summed E-state index contributed by atoms with van der Waals surface area (Å²) in [4.78, 5) is 23.4. The highest BCUT2D eigenvalue weighted by Gasteiger charge is 2.51. The molecule has 1 aliphatic carbocycles. The Balaban J connectivity index is 2.58. The van der Waals surface area contributed by atoms with Gasteiger partial charge in [-0.05, 0) is 38.5 Å². The topological polar surface area (TPSA) is 226 Å². The normalized spacial score (nSPS) is 24.5. The van der Waals surface area contributed by atoms with Crippen LogP contribution in [0.5, 0.6) is 0 Å². The van der Waals surface area contributed by atoms with Crippen molar-refractivity contribution in [2.24, 2.45) is 0 Å². The SMILES string of the molecule is CCCCC/C=C\CCCCCC(O)CC(=O)NC(COP(=O)(O)OC1C(O)C(O)C(O)C(O)C1O)C(O)CCCCCCCCCCCCCCCCC. The average Bonchev–Trinajstić information content (AvgIpc) is 3.15. The summed E-state index contributed by atoms with van der Waals surface area (Å²) >= 11 is 0. The Kier molecular flexibility index (Phi) is 30.3. The second-order valence-corrected chi connectivity index (χ2v) is 17.1. The van der Waals surface area contributed by atoms with E-state index in [0.717, 1.165) is 57.8 Å². The van der Waals surface area contributed by atoms with E-state index in [9.17, 15) is 50.0 Å². The molecule has 9 N–H and O–H groups in total. The van der Waals surface area contributed by atoms with Crippen LogP contribution in [-0.4, -0.2) is 108 Å². The minimum atomic E-state index is -5.11. The lowest BCUT2D eigenvalue weighted by molar-refractivity contribution is -0.220. The van der Waals surface area contributed by atoms with Crippen LogP contribution in [-0.2, 0) is 18.4 Å². The van der Waals surface area contributed by atoms with Gasteiger partial charge < -0.3 is 46.0 Å². The van der Waals surface area contributed by atoms with Crippen LogP contribution in [0, 0.1) is 0 Å². The maximum Gasteiger partial charge on any atom is 0.472 e. The maximum atomic E-state index is 12.9. The summed E-state index contributed by atoms with van der Waals surface area (Å²) in [5.41, 5.74) is 0. The van der Waals surface area contributed by atoms with E-state index >= 15 is 0 Å². The molecule has 1 aliphatic rings. The largest absolute Gasteiger partial charge is 0.472 e. The van der Waals surface area contributed by atoms with E-state index in [-0.39, 0.29) is 12.8 Å². The van der Waals surface area contributed by atoms with Crippen LogP contribution in [0.25, 0.3) is 0 Å². The number of hydrogen-bond acceptors (Lipinski definition) is 11. The molecule has 1 amide bonds. The highest BCUT2D eigenvalue weighted by Crippen LogP contribution is 2.47. The van der Waals surface area contributed by atoms with Gasteiger partial charge >= 0.3 is 7.82 Å². The van der Waals surface area contributed by atoms with Gasteiger partial charge in [0.25, 0.3) is 0 Å². The summed E-state index contributed by atoms with van der Waals surface area (Å²) in [6.07, 6.45) is 17.0. The summed E-state index contributed by atoms with van der Waals surface area (Å²) in [6, 6.07) is -1.15. The molecular weight excluding hydrogens is 729 g/mol. The van der Waals surface area contributed by atoms with E-state index in [1.807, 2.05) is 0 Å². The van der Waals surface area contributed by atoms with E-state index in [2.05, 4.69) is 31.3 Å². The lowest BCUT2D eigenvalue weighted by atomic mass is 9.85. The lowest BCUT2D eigenvalue weighted by Gasteiger charge is -2.41. The van der Waals surface area contributed by atoms with Gasteiger partial charge in [-0.2, -0.15) is 0 Å². The number of aliphatic hydroxyl groups is 7. The fraction of sp³-hybridized carbons (Fsp3) is 0.927. The summed E-state index contributed by atoms with van der Waals surface area (Å²) in [5, 5.41) is 74.4. The van der Waals surface area contributed by atoms with Crippen molar-refractivity contribution in [2.75, 3.05) is 6.61 Å². The molecular formula is C41H80NO12P. The Hall–Kier alpha value is -0.960. The van der Waals surface area contributed by atoms with Crippen LogP contribution < -0.4 is 5.32 Å². The van der Waals surface area contributed by atoms with Gasteiger partial charge in [0.1, 0.15) is 36.6 Å². The molecule has 0 aromatic heterocycles. The van der Waals surface area contributed by atoms with Crippen molar-refractivity contribution in [3.8, 4) is 0 Å². The molecule has 0 aromatic rings. The molecule has 55 heavy (non-hydrogen) atoms. The minimum Gasteiger partial charge on any atom is -0.393 e. The third-order valence-electron chi connectivity index (χ3n) is 10.6. The van der Waals surface area contributed by atoms with Gasteiger partial charge in [-0.3, -0.25) is 13.8 Å². The smallest absolute Gasteiger partial charge is 0.393 e. The number of hydrogen-bond donors (Lipinski definition) is 9. The Bertz CT molecular complexity index is 1010. The fourth-order valence-corrected chi connectivity index (χ4v) is 7.97. The number of rotatable bonds is 35. The Morgan fingerprint density at radius 1 is 0.618 bits per heavy atom. The number of allylic oxidation sites excluding steroid dienone is 2. The first-order valence-corrected chi connectivity index (χ1v) is 23.2. The van der Waals surface area contributed by atoms with Gasteiger partial charge in [0, 0.05) is 0 Å². The Labute approximate surface area is 331 Å². The molecule has 0 aliphatic heterocycles. The average molecular weight is 810 g/mol. The van der Waals surface area contributed by atoms with Gasteiger partial charge in [0.2, 0.25) is 5.91 Å². The molecule has 326 valence electrons. The zero-order valence-corrected chi connectivity index (χ0v) is 35.0. The summed E-state index contributed by atoms with van der Waals surface area (Å²) < 4.78 is 22.8. The van der Waals surface area contributed by atoms with Crippen LogP contribution in [0.1, 0.15) is 181 Å². The van der Waals surface area contributed by atoms with Gasteiger partial charge in [-0.15, -0.1) is 0 Å². The first kappa shape index (κ1) is 52.1. The van der Waals surface area contributed by atoms with Crippen molar-refractivity contribution in [1.82, 2.24) is 5.32 Å². The van der Waals surface area contributed by atoms with Crippen LogP contribution in [0.4, 0.5) is 0 Å². The number of aliphatic hydroxyl groups excluding tert-OH is 7. The summed E-state index contributed by atoms with van der Waals surface area (Å²) in [7, 11) is -5.11. The number of amides is 1. The van der Waals surface area contributed by atoms with Crippen molar-refractivity contribution < 1.29 is 59.0 Å². The second kappa shape index (κ2) is 32.0. The third kappa shape index (κ3) is 24.5. The van der Waals surface area contributed by atoms with Gasteiger partial charge in [-0.1, -0.05) is 148 Å². The van der Waals surface area contributed by atoms with E-state index in [0.29, 0.717) is 12.8 Å². The highest BCUT2D eigenvalue weighted by atomic mass is 31.2. The summed E-state index contributed by atoms with van der Waals surface area (Å²) in [6.45, 7) is 3.73. The zero-order valence-electron chi connectivity index (χ0n) is 34.1. The molecule has 1 saturated carbocycles. The number of unbranched alkanes of at least 4 members (excludes halogenated alkanes) is 20. The van der Waals surface area contributed by atoms with E-state index in [4.69, 9.17) is 9.05 Å². The van der Waals surface area contributed by atoms with Crippen LogP contribution in [0.2, 0.25) is 0 Å². The van der Waals surface area contributed by atoms with Crippen LogP contribution in [0.3, 0.4) is 0 Å². The number of phosphoric acid groups is 1. The molecule has 0 bridgehead atoms. The molecule has 1 fully saturated rings. The molecule has 0 aromatic carbocycles. The van der Waals surface area contributed by atoms with Crippen molar-refractivity contribution in [2.45, 2.75) is 236 Å². The number of carbonyl (C=O) groups excluding carboxylic acids is 1. The quantitative estimate of drug-likeness (QED) is 0.0197. The molecule has 0 spiro atoms. The molecule has 0 radical (unpaired) electrons. The third-order valence-corrected chi connectivity index (χ3v) is 11.6. The molecule has 1 rings (SSSR count). The van der Waals surface area contributed by atoms with E-state index < -0.39 is 75.2 Å². The fourth-order valence-electron chi connectivity index (χ4n) is 7.00. The second-order valence-electron chi connectivity index (χ2n) is 15.7. The van der Waals surface area contributed by atoms with E-state index in [1.165, 1.54) is 83.5 Å². The molecule has 8 atom stereocenters. The number of phosphoric ester groups is 1. The standard InChI is InChI=1S/C41H80NO12P/c1-3-5-7-9-11-13-15-16-17-18-19-21-23-25-27-29-34(44)33(31-53-55(51,52)54-41-39(49)37(47)36(46)38(48)40(41)50)42-35(45)30-32(43)28-26-24-22-20-14-12-10-8-6-4-2/h12,14,32-34,36-41,43-44,46-50H,3-11,13,15-31H2,1-2H3,(H,42,45)(H,51,52)/b14-12-. The number of carbonyl (C=O) groups is 1. The van der Waals surface area contributed by atoms with Crippen molar-refractivity contribution in [3.05, 3.63) is 12.2 Å². The minimum absolute atomic E-state index is 0.231. The molecule has 8 unspecified atom stereocenters. The highest BCUT2D eigenvalue weighted by molar-refractivity contribution is 7.47. The lowest BCUT2D eigenvalue weighted by Crippen LogP contribution is -2.64. The van der Waals surface area contributed by atoms with Crippen LogP contribution in [0.15, 0.2) is 12.2 Å². The molecule has 14 heteroatoms. The Morgan fingerprint density at radius 3 is 1.53 bits per heavy atom. The first-order valence-electron chi connectivity index (χ1n) is 21.7. The first-order chi connectivity index (χ1) is 26.3. The van der Waals surface area contributed by atoms with Crippen molar-refractivity contribution in [3.63, 3.8) is 0 Å². The zero-order chi connectivity index (χ0) is 40.9. The number of nitrogens with one attached hydrogen (secondary N) is 1. The van der Waals surface area contributed by atoms with Gasteiger partial charge in [-0.25, -0.2) is 4.57 Å². The van der Waals surface area contributed by atoms with Crippen LogP contribution >= 0.6 is 7.82 Å². The van der Waals surface area contributed by atoms with Crippen molar-refractivity contribution >= 4 is 13.7 Å². The maximum absolute atomic E-state index is 12.9. The molecule has 13 nitrogen and oxygen atoms in total. The predicted molar refractivity (Wildman–Crippen MR) is 215 cm³/mol. The monoisotopic (exact) mass is 810 g/mol.